The first kappa shape index (κ1) is 12.6. The van der Waals surface area contributed by atoms with Crippen LogP contribution in [0.1, 0.15) is 23.7 Å². The van der Waals surface area contributed by atoms with Crippen LogP contribution < -0.4 is 0 Å². The zero-order valence-corrected chi connectivity index (χ0v) is 11.6. The van der Waals surface area contributed by atoms with Gasteiger partial charge in [0.25, 0.3) is 5.91 Å². The Kier molecular flexibility index (Phi) is 3.24. The maximum Gasteiger partial charge on any atom is 0.253 e. The van der Waals surface area contributed by atoms with Crippen LogP contribution in [0, 0.1) is 5.92 Å². The number of carbonyl (C=O) groups is 1. The van der Waals surface area contributed by atoms with Crippen molar-refractivity contribution >= 4 is 27.5 Å². The fourth-order valence-corrected chi connectivity index (χ4v) is 3.12. The summed E-state index contributed by atoms with van der Waals surface area (Å²) in [5.74, 6) is 0.272. The predicted octanol–water partition coefficient (Wildman–Crippen LogP) is 2.14. The van der Waals surface area contributed by atoms with E-state index in [0.29, 0.717) is 12.1 Å². The second-order valence-corrected chi connectivity index (χ2v) is 6.01. The molecule has 1 aromatic carbocycles. The Balaban J connectivity index is 1.83. The van der Waals surface area contributed by atoms with Crippen LogP contribution in [-0.2, 0) is 0 Å². The third-order valence-electron chi connectivity index (χ3n) is 3.78. The summed E-state index contributed by atoms with van der Waals surface area (Å²) in [6.07, 6.45) is 0.445. The van der Waals surface area contributed by atoms with Crippen molar-refractivity contribution in [3.63, 3.8) is 0 Å². The fraction of sp³-hybridized carbons (Fsp3) is 0.429. The highest BCUT2D eigenvalue weighted by molar-refractivity contribution is 7.16. The van der Waals surface area contributed by atoms with Crippen molar-refractivity contribution in [2.24, 2.45) is 5.92 Å². The lowest BCUT2D eigenvalue weighted by molar-refractivity contribution is 0.0249. The Hall–Kier alpha value is -1.46. The average Bonchev–Trinajstić information content (AvgIpc) is 2.88. The van der Waals surface area contributed by atoms with E-state index in [4.69, 9.17) is 0 Å². The molecule has 0 aliphatic carbocycles. The molecule has 4 nitrogen and oxygen atoms in total. The summed E-state index contributed by atoms with van der Waals surface area (Å²) in [7, 11) is 0. The van der Waals surface area contributed by atoms with Crippen LogP contribution in [0.3, 0.4) is 0 Å². The van der Waals surface area contributed by atoms with Gasteiger partial charge in [0.2, 0.25) is 0 Å². The minimum Gasteiger partial charge on any atom is -0.391 e. The van der Waals surface area contributed by atoms with E-state index in [1.165, 1.54) is 11.3 Å². The van der Waals surface area contributed by atoms with Crippen LogP contribution in [0.4, 0.5) is 0 Å². The first-order valence-corrected chi connectivity index (χ1v) is 7.33. The second-order valence-electron chi connectivity index (χ2n) is 5.12. The number of fused-ring (bicyclic) bond motifs is 1. The van der Waals surface area contributed by atoms with Gasteiger partial charge in [-0.15, -0.1) is 11.3 Å². The van der Waals surface area contributed by atoms with Gasteiger partial charge < -0.3 is 10.0 Å². The number of nitrogens with zero attached hydrogens (tertiary/aromatic N) is 2. The highest BCUT2D eigenvalue weighted by atomic mass is 32.1. The van der Waals surface area contributed by atoms with Gasteiger partial charge in [-0.2, -0.15) is 0 Å². The molecule has 2 aromatic rings. The van der Waals surface area contributed by atoms with Gasteiger partial charge in [-0.25, -0.2) is 4.98 Å². The summed E-state index contributed by atoms with van der Waals surface area (Å²) in [5.41, 5.74) is 3.39. The number of rotatable bonds is 1. The topological polar surface area (TPSA) is 53.4 Å². The number of hydrogen-bond acceptors (Lipinski definition) is 4. The number of thiazole rings is 1. The molecule has 1 aromatic heterocycles. The molecule has 1 saturated heterocycles. The van der Waals surface area contributed by atoms with Crippen LogP contribution in [0.2, 0.25) is 0 Å². The second kappa shape index (κ2) is 4.90. The standard InChI is InChI=1S/C14H16N2O2S/c1-9-4-5-16(7-12(9)17)14(18)10-2-3-11-13(6-10)19-8-15-11/h2-3,6,8-9,12,17H,4-5,7H2,1H3. The number of β-amino-alcohol motifs (C(OH)–C–C–N with tert-alkyl or cyclic N) is 1. The molecule has 0 bridgehead atoms. The summed E-state index contributed by atoms with van der Waals surface area (Å²) < 4.78 is 1.02. The SMILES string of the molecule is CC1CCN(C(=O)c2ccc3ncsc3c2)CC1O. The number of carbonyl (C=O) groups excluding carboxylic acids is 1. The molecule has 0 radical (unpaired) electrons. The molecule has 100 valence electrons. The summed E-state index contributed by atoms with van der Waals surface area (Å²) in [5, 5.41) is 9.88. The van der Waals surface area contributed by atoms with E-state index >= 15 is 0 Å². The first-order chi connectivity index (χ1) is 9.15. The van der Waals surface area contributed by atoms with E-state index in [-0.39, 0.29) is 11.8 Å². The maximum atomic E-state index is 12.4. The van der Waals surface area contributed by atoms with Gasteiger partial charge in [0.15, 0.2) is 0 Å². The number of likely N-dealkylation sites (tertiary alicyclic amines) is 1. The molecule has 1 aliphatic heterocycles. The van der Waals surface area contributed by atoms with Crippen molar-refractivity contribution < 1.29 is 9.90 Å². The molecule has 0 saturated carbocycles. The number of amides is 1. The molecule has 2 unspecified atom stereocenters. The van der Waals surface area contributed by atoms with Gasteiger partial charge >= 0.3 is 0 Å². The molecule has 2 atom stereocenters. The number of benzene rings is 1. The van der Waals surface area contributed by atoms with Gasteiger partial charge in [-0.1, -0.05) is 6.92 Å². The Morgan fingerprint density at radius 2 is 2.37 bits per heavy atom. The number of aromatic nitrogens is 1. The maximum absolute atomic E-state index is 12.4. The quantitative estimate of drug-likeness (QED) is 0.868. The van der Waals surface area contributed by atoms with E-state index in [1.54, 1.807) is 10.4 Å². The third kappa shape index (κ3) is 2.35. The third-order valence-corrected chi connectivity index (χ3v) is 4.58. The molecule has 0 spiro atoms. The molecular weight excluding hydrogens is 260 g/mol. The smallest absolute Gasteiger partial charge is 0.253 e. The molecule has 2 heterocycles. The van der Waals surface area contributed by atoms with Crippen LogP contribution >= 0.6 is 11.3 Å². The van der Waals surface area contributed by atoms with Crippen LogP contribution in [0.25, 0.3) is 10.2 Å². The largest absolute Gasteiger partial charge is 0.391 e. The predicted molar refractivity (Wildman–Crippen MR) is 75.3 cm³/mol. The molecule has 1 fully saturated rings. The van der Waals surface area contributed by atoms with Crippen LogP contribution in [-0.4, -0.2) is 40.1 Å². The van der Waals surface area contributed by atoms with E-state index in [1.807, 2.05) is 25.1 Å². The van der Waals surface area contributed by atoms with Gasteiger partial charge in [0, 0.05) is 18.7 Å². The molecule has 5 heteroatoms. The van der Waals surface area contributed by atoms with E-state index in [9.17, 15) is 9.90 Å². The van der Waals surface area contributed by atoms with E-state index < -0.39 is 6.10 Å². The van der Waals surface area contributed by atoms with Crippen molar-refractivity contribution in [2.75, 3.05) is 13.1 Å². The summed E-state index contributed by atoms with van der Waals surface area (Å²) >= 11 is 1.54. The van der Waals surface area contributed by atoms with Crippen molar-refractivity contribution in [3.05, 3.63) is 29.3 Å². The monoisotopic (exact) mass is 276 g/mol. The molecular formula is C14H16N2O2S. The van der Waals surface area contributed by atoms with Crippen molar-refractivity contribution in [1.82, 2.24) is 9.88 Å². The Morgan fingerprint density at radius 1 is 1.53 bits per heavy atom. The highest BCUT2D eigenvalue weighted by Gasteiger charge is 2.27. The van der Waals surface area contributed by atoms with E-state index in [2.05, 4.69) is 4.98 Å². The van der Waals surface area contributed by atoms with Gasteiger partial charge in [-0.3, -0.25) is 4.79 Å². The molecule has 1 aliphatic rings. The van der Waals surface area contributed by atoms with Crippen molar-refractivity contribution in [2.45, 2.75) is 19.4 Å². The number of piperidine rings is 1. The Bertz CT molecular complexity index is 610. The lowest BCUT2D eigenvalue weighted by Crippen LogP contribution is -2.45. The van der Waals surface area contributed by atoms with Gasteiger partial charge in [-0.05, 0) is 30.5 Å². The number of aliphatic hydroxyl groups is 1. The number of hydrogen-bond donors (Lipinski definition) is 1. The minimum absolute atomic E-state index is 0.00116. The highest BCUT2D eigenvalue weighted by Crippen LogP contribution is 2.22. The van der Waals surface area contributed by atoms with Crippen LogP contribution in [0.15, 0.2) is 23.7 Å². The number of aliphatic hydroxyl groups excluding tert-OH is 1. The lowest BCUT2D eigenvalue weighted by Gasteiger charge is -2.34. The van der Waals surface area contributed by atoms with Gasteiger partial charge in [0.05, 0.1) is 21.8 Å². The molecule has 1 N–H and O–H groups in total. The summed E-state index contributed by atoms with van der Waals surface area (Å²) in [6, 6.07) is 5.58. The molecule has 3 rings (SSSR count). The van der Waals surface area contributed by atoms with Crippen molar-refractivity contribution in [1.29, 1.82) is 0 Å². The summed E-state index contributed by atoms with van der Waals surface area (Å²) in [4.78, 5) is 18.4. The summed E-state index contributed by atoms with van der Waals surface area (Å²) in [6.45, 7) is 3.17. The minimum atomic E-state index is -0.412. The van der Waals surface area contributed by atoms with Gasteiger partial charge in [0.1, 0.15) is 0 Å². The average molecular weight is 276 g/mol. The molecule has 19 heavy (non-hydrogen) atoms. The first-order valence-electron chi connectivity index (χ1n) is 6.46. The van der Waals surface area contributed by atoms with Crippen molar-refractivity contribution in [3.8, 4) is 0 Å². The lowest BCUT2D eigenvalue weighted by atomic mass is 9.95. The van der Waals surface area contributed by atoms with E-state index in [0.717, 1.165) is 23.2 Å². The fourth-order valence-electron chi connectivity index (χ4n) is 2.40. The Morgan fingerprint density at radius 3 is 3.16 bits per heavy atom. The zero-order valence-electron chi connectivity index (χ0n) is 10.7. The zero-order chi connectivity index (χ0) is 13.4. The Labute approximate surface area is 115 Å². The van der Waals surface area contributed by atoms with Crippen LogP contribution in [0.5, 0.6) is 0 Å². The molecule has 1 amide bonds. The normalized spacial score (nSPS) is 23.8.